The van der Waals surface area contributed by atoms with Crippen molar-refractivity contribution in [1.82, 2.24) is 14.8 Å². The van der Waals surface area contributed by atoms with Gasteiger partial charge in [-0.05, 0) is 39.1 Å². The molecule has 0 unspecified atom stereocenters. The Labute approximate surface area is 141 Å². The van der Waals surface area contributed by atoms with E-state index in [9.17, 15) is 9.90 Å². The topological polar surface area (TPSA) is 59.9 Å². The van der Waals surface area contributed by atoms with Gasteiger partial charge in [0.15, 0.2) is 5.69 Å². The minimum absolute atomic E-state index is 0.0704. The molecule has 0 bridgehead atoms. The number of halogens is 1. The molecular weight excluding hydrogens is 316 g/mol. The summed E-state index contributed by atoms with van der Waals surface area (Å²) in [6.45, 7) is 5.06. The van der Waals surface area contributed by atoms with Gasteiger partial charge in [-0.25, -0.2) is 9.78 Å². The largest absolute Gasteiger partial charge is 0.476 e. The van der Waals surface area contributed by atoms with Gasteiger partial charge in [0.25, 0.3) is 0 Å². The van der Waals surface area contributed by atoms with Crippen LogP contribution in [0, 0.1) is 0 Å². The van der Waals surface area contributed by atoms with Gasteiger partial charge in [0.1, 0.15) is 5.82 Å². The second-order valence-electron chi connectivity index (χ2n) is 6.68. The molecule has 0 aromatic carbocycles. The summed E-state index contributed by atoms with van der Waals surface area (Å²) in [6, 6.07) is 3.43. The molecule has 2 fully saturated rings. The van der Waals surface area contributed by atoms with E-state index in [2.05, 4.69) is 33.8 Å². The van der Waals surface area contributed by atoms with Crippen molar-refractivity contribution in [3.63, 3.8) is 0 Å². The number of hydrogen-bond donors (Lipinski definition) is 1. The fourth-order valence-corrected chi connectivity index (χ4v) is 3.90. The number of likely N-dealkylation sites (N-methyl/N-ethyl adjacent to an activating group) is 2. The average Bonchev–Trinajstić information content (AvgIpc) is 2.52. The summed E-state index contributed by atoms with van der Waals surface area (Å²) in [5.74, 6) is -0.382. The Morgan fingerprint density at radius 3 is 2.57 bits per heavy atom. The number of anilines is 1. The second kappa shape index (κ2) is 6.26. The number of pyridine rings is 1. The van der Waals surface area contributed by atoms with E-state index >= 15 is 0 Å². The molecule has 2 aliphatic heterocycles. The third kappa shape index (κ3) is 3.16. The number of piperidine rings is 1. The lowest BCUT2D eigenvalue weighted by atomic mass is 9.84. The maximum Gasteiger partial charge on any atom is 0.356 e. The lowest BCUT2D eigenvalue weighted by Crippen LogP contribution is -2.63. The summed E-state index contributed by atoms with van der Waals surface area (Å²) in [6.07, 6.45) is 2.11. The van der Waals surface area contributed by atoms with Gasteiger partial charge in [0.2, 0.25) is 0 Å². The van der Waals surface area contributed by atoms with Crippen molar-refractivity contribution < 1.29 is 9.90 Å². The number of piperazine rings is 1. The van der Waals surface area contributed by atoms with Crippen LogP contribution in [0.1, 0.15) is 23.3 Å². The highest BCUT2D eigenvalue weighted by atomic mass is 35.5. The first kappa shape index (κ1) is 16.5. The molecule has 1 N–H and O–H groups in total. The van der Waals surface area contributed by atoms with Gasteiger partial charge >= 0.3 is 5.97 Å². The molecule has 0 saturated carbocycles. The fourth-order valence-electron chi connectivity index (χ4n) is 3.71. The number of carbonyl (C=O) groups is 1. The number of aromatic nitrogens is 1. The van der Waals surface area contributed by atoms with Crippen molar-refractivity contribution in [2.24, 2.45) is 0 Å². The summed E-state index contributed by atoms with van der Waals surface area (Å²) in [5, 5.41) is 9.36. The van der Waals surface area contributed by atoms with E-state index in [4.69, 9.17) is 11.6 Å². The second-order valence-corrected chi connectivity index (χ2v) is 7.08. The number of nitrogens with zero attached hydrogens (tertiary/aromatic N) is 4. The Balaban J connectivity index is 1.74. The van der Waals surface area contributed by atoms with E-state index < -0.39 is 5.97 Å². The lowest BCUT2D eigenvalue weighted by Gasteiger charge is -2.52. The Morgan fingerprint density at radius 1 is 1.22 bits per heavy atom. The molecule has 1 spiro atoms. The molecule has 3 heterocycles. The minimum atomic E-state index is -1.08. The number of rotatable bonds is 2. The molecule has 0 radical (unpaired) electrons. The molecule has 1 aromatic rings. The summed E-state index contributed by atoms with van der Waals surface area (Å²) in [7, 11) is 4.40. The highest BCUT2D eigenvalue weighted by molar-refractivity contribution is 6.33. The standard InChI is InChI=1S/C16H23ClN4O2/c1-19-9-10-20(2)16(11-19)5-7-21(8-6-16)13-4-3-12(17)14(18-13)15(22)23/h3-4H,5-11H2,1-2H3,(H,22,23). The van der Waals surface area contributed by atoms with Crippen LogP contribution in [0.2, 0.25) is 5.02 Å². The van der Waals surface area contributed by atoms with Gasteiger partial charge in [-0.2, -0.15) is 0 Å². The van der Waals surface area contributed by atoms with Crippen molar-refractivity contribution in [2.45, 2.75) is 18.4 Å². The summed E-state index contributed by atoms with van der Waals surface area (Å²) < 4.78 is 0. The molecule has 126 valence electrons. The zero-order chi connectivity index (χ0) is 16.6. The van der Waals surface area contributed by atoms with Crippen LogP contribution < -0.4 is 4.90 Å². The summed E-state index contributed by atoms with van der Waals surface area (Å²) in [5.41, 5.74) is 0.157. The summed E-state index contributed by atoms with van der Waals surface area (Å²) in [4.78, 5) is 22.5. The molecule has 3 rings (SSSR count). The molecule has 23 heavy (non-hydrogen) atoms. The van der Waals surface area contributed by atoms with Gasteiger partial charge in [-0.15, -0.1) is 0 Å². The molecule has 6 nitrogen and oxygen atoms in total. The number of carboxylic acids is 1. The zero-order valence-corrected chi connectivity index (χ0v) is 14.4. The van der Waals surface area contributed by atoms with Crippen LogP contribution in [0.3, 0.4) is 0 Å². The molecule has 2 aliphatic rings. The van der Waals surface area contributed by atoms with Crippen LogP contribution in [0.15, 0.2) is 12.1 Å². The fraction of sp³-hybridized carbons (Fsp3) is 0.625. The predicted molar refractivity (Wildman–Crippen MR) is 90.5 cm³/mol. The molecule has 1 aromatic heterocycles. The lowest BCUT2D eigenvalue weighted by molar-refractivity contribution is 0.00937. The zero-order valence-electron chi connectivity index (χ0n) is 13.6. The maximum absolute atomic E-state index is 11.2. The number of aromatic carboxylic acids is 1. The van der Waals surface area contributed by atoms with Crippen molar-refractivity contribution in [3.8, 4) is 0 Å². The van der Waals surface area contributed by atoms with Gasteiger partial charge in [-0.1, -0.05) is 11.6 Å². The normalized spacial score (nSPS) is 22.5. The van der Waals surface area contributed by atoms with Gasteiger partial charge in [0, 0.05) is 38.3 Å². The van der Waals surface area contributed by atoms with Crippen molar-refractivity contribution in [3.05, 3.63) is 22.8 Å². The maximum atomic E-state index is 11.2. The third-order valence-electron chi connectivity index (χ3n) is 5.24. The molecule has 7 heteroatoms. The van der Waals surface area contributed by atoms with E-state index in [1.807, 2.05) is 6.07 Å². The van der Waals surface area contributed by atoms with Gasteiger partial charge in [0.05, 0.1) is 5.02 Å². The first-order valence-corrected chi connectivity index (χ1v) is 8.34. The van der Waals surface area contributed by atoms with E-state index in [0.717, 1.165) is 45.6 Å². The highest BCUT2D eigenvalue weighted by Crippen LogP contribution is 2.33. The quantitative estimate of drug-likeness (QED) is 0.885. The highest BCUT2D eigenvalue weighted by Gasteiger charge is 2.41. The van der Waals surface area contributed by atoms with E-state index in [-0.39, 0.29) is 16.3 Å². The molecule has 2 saturated heterocycles. The first-order chi connectivity index (χ1) is 10.9. The van der Waals surface area contributed by atoms with E-state index in [1.165, 1.54) is 0 Å². The number of carboxylic acid groups (broad SMARTS) is 1. The van der Waals surface area contributed by atoms with Crippen molar-refractivity contribution >= 4 is 23.4 Å². The van der Waals surface area contributed by atoms with Gasteiger partial charge < -0.3 is 14.9 Å². The smallest absolute Gasteiger partial charge is 0.356 e. The number of hydrogen-bond acceptors (Lipinski definition) is 5. The Bertz CT molecular complexity index is 602. The summed E-state index contributed by atoms with van der Waals surface area (Å²) >= 11 is 5.91. The van der Waals surface area contributed by atoms with Gasteiger partial charge in [-0.3, -0.25) is 4.90 Å². The minimum Gasteiger partial charge on any atom is -0.476 e. The van der Waals surface area contributed by atoms with E-state index in [0.29, 0.717) is 5.82 Å². The van der Waals surface area contributed by atoms with Crippen LogP contribution in [0.4, 0.5) is 5.82 Å². The third-order valence-corrected chi connectivity index (χ3v) is 5.55. The first-order valence-electron chi connectivity index (χ1n) is 7.96. The van der Waals surface area contributed by atoms with Crippen LogP contribution >= 0.6 is 11.6 Å². The SMILES string of the molecule is CN1CCN(C)C2(CCN(c3ccc(Cl)c(C(=O)O)n3)CC2)C1. The Kier molecular flexibility index (Phi) is 4.49. The van der Waals surface area contributed by atoms with E-state index in [1.54, 1.807) is 6.07 Å². The van der Waals surface area contributed by atoms with Crippen LogP contribution in [-0.4, -0.2) is 78.2 Å². The van der Waals surface area contributed by atoms with Crippen LogP contribution in [-0.2, 0) is 0 Å². The monoisotopic (exact) mass is 338 g/mol. The molecule has 0 aliphatic carbocycles. The van der Waals surface area contributed by atoms with Crippen LogP contribution in [0.5, 0.6) is 0 Å². The molecule has 0 amide bonds. The average molecular weight is 339 g/mol. The van der Waals surface area contributed by atoms with Crippen LogP contribution in [0.25, 0.3) is 0 Å². The Hall–Kier alpha value is -1.37. The predicted octanol–water partition coefficient (Wildman–Crippen LogP) is 1.65. The van der Waals surface area contributed by atoms with Crippen molar-refractivity contribution in [2.75, 3.05) is 51.7 Å². The van der Waals surface area contributed by atoms with Crippen molar-refractivity contribution in [1.29, 1.82) is 0 Å². The molecule has 0 atom stereocenters. The molecular formula is C16H23ClN4O2. The Morgan fingerprint density at radius 2 is 1.91 bits per heavy atom.